The third-order valence-corrected chi connectivity index (χ3v) is 6.43. The van der Waals surface area contributed by atoms with Gasteiger partial charge in [-0.3, -0.25) is 4.99 Å². The van der Waals surface area contributed by atoms with Gasteiger partial charge in [0.2, 0.25) is 0 Å². The fraction of sp³-hybridized carbons (Fsp3) is 0.588. The molecule has 2 heterocycles. The van der Waals surface area contributed by atoms with Gasteiger partial charge in [0.1, 0.15) is 0 Å². The van der Waals surface area contributed by atoms with Crippen LogP contribution in [0.5, 0.6) is 0 Å². The lowest BCUT2D eigenvalue weighted by molar-refractivity contribution is 0.377. The van der Waals surface area contributed by atoms with E-state index in [-0.39, 0.29) is 29.9 Å². The average Bonchev–Trinajstić information content (AvgIpc) is 2.90. The summed E-state index contributed by atoms with van der Waals surface area (Å²) in [4.78, 5) is 7.00. The average molecular weight is 463 g/mol. The number of benzene rings is 1. The number of guanidine groups is 1. The van der Waals surface area contributed by atoms with Crippen LogP contribution >= 0.6 is 24.0 Å². The van der Waals surface area contributed by atoms with Gasteiger partial charge >= 0.3 is 0 Å². The molecule has 0 saturated carbocycles. The first-order valence-electron chi connectivity index (χ1n) is 8.38. The van der Waals surface area contributed by atoms with Gasteiger partial charge in [-0.15, -0.1) is 24.0 Å². The molecular weight excluding hydrogens is 437 g/mol. The van der Waals surface area contributed by atoms with Crippen LogP contribution in [0.25, 0.3) is 0 Å². The molecule has 1 atom stereocenters. The highest BCUT2D eigenvalue weighted by molar-refractivity contribution is 14.0. The Hall–Kier alpha value is -0.830. The van der Waals surface area contributed by atoms with E-state index in [9.17, 15) is 8.42 Å². The van der Waals surface area contributed by atoms with Crippen molar-refractivity contribution in [1.82, 2.24) is 10.2 Å². The van der Waals surface area contributed by atoms with E-state index in [0.717, 1.165) is 38.4 Å². The molecule has 1 aromatic carbocycles. The molecule has 134 valence electrons. The molecule has 0 spiro atoms. The highest BCUT2D eigenvalue weighted by Crippen LogP contribution is 2.20. The summed E-state index contributed by atoms with van der Waals surface area (Å²) in [5, 5.41) is 3.35. The Kier molecular flexibility index (Phi) is 6.91. The van der Waals surface area contributed by atoms with E-state index < -0.39 is 9.84 Å². The number of aliphatic imine (C=N–C) groups is 1. The molecule has 0 bridgehead atoms. The smallest absolute Gasteiger partial charge is 0.194 e. The van der Waals surface area contributed by atoms with Crippen LogP contribution in [0.1, 0.15) is 24.5 Å². The molecule has 0 aliphatic carbocycles. The summed E-state index contributed by atoms with van der Waals surface area (Å²) in [6.07, 6.45) is 1.77. The highest BCUT2D eigenvalue weighted by Gasteiger charge is 2.28. The molecule has 1 aromatic rings. The van der Waals surface area contributed by atoms with Gasteiger partial charge in [0.15, 0.2) is 15.8 Å². The van der Waals surface area contributed by atoms with Crippen LogP contribution in [0.2, 0.25) is 0 Å². The Bertz CT molecular complexity index is 691. The molecule has 0 radical (unpaired) electrons. The number of hydrogen-bond donors (Lipinski definition) is 1. The van der Waals surface area contributed by atoms with Crippen LogP contribution in [0.15, 0.2) is 29.3 Å². The molecule has 1 N–H and O–H groups in total. The molecule has 7 heteroatoms. The summed E-state index contributed by atoms with van der Waals surface area (Å²) in [6.45, 7) is 5.30. The van der Waals surface area contributed by atoms with Gasteiger partial charge < -0.3 is 10.2 Å². The maximum absolute atomic E-state index is 11.6. The summed E-state index contributed by atoms with van der Waals surface area (Å²) in [6, 6.07) is 8.54. The SMILES string of the molecule is CCNC(=NCC1CCS(=O)(=O)C1)N1CCc2ccccc2C1.I. The number of nitrogens with zero attached hydrogens (tertiary/aromatic N) is 2. The second-order valence-electron chi connectivity index (χ2n) is 6.40. The number of rotatable bonds is 3. The third-order valence-electron chi connectivity index (χ3n) is 4.59. The van der Waals surface area contributed by atoms with Gasteiger partial charge in [0, 0.05) is 26.2 Å². The van der Waals surface area contributed by atoms with E-state index in [0.29, 0.717) is 18.1 Å². The molecule has 1 saturated heterocycles. The van der Waals surface area contributed by atoms with Crippen molar-refractivity contribution in [3.63, 3.8) is 0 Å². The van der Waals surface area contributed by atoms with Crippen LogP contribution in [0.4, 0.5) is 0 Å². The molecule has 24 heavy (non-hydrogen) atoms. The number of halogens is 1. The Balaban J connectivity index is 0.00000208. The standard InChI is InChI=1S/C17H25N3O2S.HI/c1-2-18-17(19-11-14-8-10-23(21,22)13-14)20-9-7-15-5-3-4-6-16(15)12-20;/h3-6,14H,2,7-13H2,1H3,(H,18,19);1H. The van der Waals surface area contributed by atoms with Gasteiger partial charge in [-0.25, -0.2) is 8.42 Å². The summed E-state index contributed by atoms with van der Waals surface area (Å²) in [7, 11) is -2.82. The Labute approximate surface area is 161 Å². The molecule has 0 aromatic heterocycles. The van der Waals surface area contributed by atoms with E-state index in [4.69, 9.17) is 4.99 Å². The molecule has 5 nitrogen and oxygen atoms in total. The lowest BCUT2D eigenvalue weighted by Crippen LogP contribution is -2.44. The van der Waals surface area contributed by atoms with Gasteiger partial charge in [-0.1, -0.05) is 24.3 Å². The van der Waals surface area contributed by atoms with E-state index in [1.165, 1.54) is 11.1 Å². The monoisotopic (exact) mass is 463 g/mol. The van der Waals surface area contributed by atoms with Crippen molar-refractivity contribution in [2.24, 2.45) is 10.9 Å². The Morgan fingerprint density at radius 1 is 1.33 bits per heavy atom. The summed E-state index contributed by atoms with van der Waals surface area (Å²) >= 11 is 0. The number of hydrogen-bond acceptors (Lipinski definition) is 3. The second-order valence-corrected chi connectivity index (χ2v) is 8.63. The zero-order chi connectivity index (χ0) is 16.3. The van der Waals surface area contributed by atoms with Crippen molar-refractivity contribution in [3.05, 3.63) is 35.4 Å². The molecule has 1 unspecified atom stereocenters. The zero-order valence-corrected chi connectivity index (χ0v) is 17.2. The van der Waals surface area contributed by atoms with Crippen LogP contribution in [0, 0.1) is 5.92 Å². The molecular formula is C17H26IN3O2S. The number of sulfone groups is 1. The van der Waals surface area contributed by atoms with Crippen molar-refractivity contribution < 1.29 is 8.42 Å². The lowest BCUT2D eigenvalue weighted by atomic mass is 10.0. The summed E-state index contributed by atoms with van der Waals surface area (Å²) < 4.78 is 23.2. The maximum atomic E-state index is 11.6. The minimum absolute atomic E-state index is 0. The fourth-order valence-corrected chi connectivity index (χ4v) is 5.18. The normalized spacial score (nSPS) is 22.6. The van der Waals surface area contributed by atoms with E-state index >= 15 is 0 Å². The predicted octanol–water partition coefficient (Wildman–Crippen LogP) is 2.06. The molecule has 0 amide bonds. The topological polar surface area (TPSA) is 61.8 Å². The van der Waals surface area contributed by atoms with Gasteiger partial charge in [-0.05, 0) is 36.8 Å². The first-order valence-corrected chi connectivity index (χ1v) is 10.2. The molecule has 1 fully saturated rings. The van der Waals surface area contributed by atoms with Crippen LogP contribution in [0.3, 0.4) is 0 Å². The van der Waals surface area contributed by atoms with Crippen molar-refractivity contribution in [3.8, 4) is 0 Å². The molecule has 3 rings (SSSR count). The maximum Gasteiger partial charge on any atom is 0.194 e. The minimum Gasteiger partial charge on any atom is -0.357 e. The minimum atomic E-state index is -2.82. The van der Waals surface area contributed by atoms with E-state index in [2.05, 4.69) is 41.4 Å². The largest absolute Gasteiger partial charge is 0.357 e. The van der Waals surface area contributed by atoms with Crippen LogP contribution in [-0.4, -0.2) is 50.4 Å². The number of fused-ring (bicyclic) bond motifs is 1. The fourth-order valence-electron chi connectivity index (χ4n) is 3.33. The van der Waals surface area contributed by atoms with Crippen molar-refractivity contribution in [2.45, 2.75) is 26.3 Å². The number of nitrogens with one attached hydrogen (secondary N) is 1. The zero-order valence-electron chi connectivity index (χ0n) is 14.1. The quantitative estimate of drug-likeness (QED) is 0.424. The van der Waals surface area contributed by atoms with Gasteiger partial charge in [0.05, 0.1) is 11.5 Å². The summed E-state index contributed by atoms with van der Waals surface area (Å²) in [5.74, 6) is 1.69. The van der Waals surface area contributed by atoms with E-state index in [1.54, 1.807) is 0 Å². The van der Waals surface area contributed by atoms with Gasteiger partial charge in [-0.2, -0.15) is 0 Å². The first-order chi connectivity index (χ1) is 11.1. The second kappa shape index (κ2) is 8.51. The van der Waals surface area contributed by atoms with E-state index in [1.807, 2.05) is 0 Å². The third kappa shape index (κ3) is 4.84. The Morgan fingerprint density at radius 3 is 2.75 bits per heavy atom. The molecule has 2 aliphatic heterocycles. The van der Waals surface area contributed by atoms with Crippen molar-refractivity contribution in [1.29, 1.82) is 0 Å². The predicted molar refractivity (Wildman–Crippen MR) is 109 cm³/mol. The van der Waals surface area contributed by atoms with Crippen molar-refractivity contribution in [2.75, 3.05) is 31.1 Å². The van der Waals surface area contributed by atoms with Crippen LogP contribution in [-0.2, 0) is 22.8 Å². The summed E-state index contributed by atoms with van der Waals surface area (Å²) in [5.41, 5.74) is 2.77. The molecule has 2 aliphatic rings. The van der Waals surface area contributed by atoms with Crippen LogP contribution < -0.4 is 5.32 Å². The van der Waals surface area contributed by atoms with Crippen molar-refractivity contribution >= 4 is 39.8 Å². The highest BCUT2D eigenvalue weighted by atomic mass is 127. The van der Waals surface area contributed by atoms with Gasteiger partial charge in [0.25, 0.3) is 0 Å². The lowest BCUT2D eigenvalue weighted by Gasteiger charge is -2.31. The Morgan fingerprint density at radius 2 is 2.08 bits per heavy atom. The first kappa shape index (κ1) is 19.5.